The van der Waals surface area contributed by atoms with Gasteiger partial charge >= 0.3 is 0 Å². The highest BCUT2D eigenvalue weighted by Crippen LogP contribution is 2.59. The first-order valence-electron chi connectivity index (χ1n) is 7.94. The number of nitrogens with two attached hydrogens (primary N) is 1. The lowest BCUT2D eigenvalue weighted by Crippen LogP contribution is -2.65. The van der Waals surface area contributed by atoms with Gasteiger partial charge in [0.05, 0.1) is 5.54 Å². The van der Waals surface area contributed by atoms with Crippen LogP contribution in [0.1, 0.15) is 32.1 Å². The Morgan fingerprint density at radius 1 is 1.05 bits per heavy atom. The third-order valence-electron chi connectivity index (χ3n) is 6.17. The van der Waals surface area contributed by atoms with Gasteiger partial charge in [-0.3, -0.25) is 0 Å². The van der Waals surface area contributed by atoms with Crippen molar-refractivity contribution < 1.29 is 0 Å². The van der Waals surface area contributed by atoms with Gasteiger partial charge < -0.3 is 11.1 Å². The third kappa shape index (κ3) is 1.86. The molecule has 108 valence electrons. The Balaban J connectivity index is 1.68. The average Bonchev–Trinajstić information content (AvgIpc) is 2.44. The number of rotatable bonds is 3. The van der Waals surface area contributed by atoms with Crippen molar-refractivity contribution in [3.8, 4) is 0 Å². The van der Waals surface area contributed by atoms with Crippen molar-refractivity contribution >= 4 is 21.6 Å². The van der Waals surface area contributed by atoms with E-state index < -0.39 is 0 Å². The van der Waals surface area contributed by atoms with Crippen molar-refractivity contribution in [1.29, 1.82) is 0 Å². The van der Waals surface area contributed by atoms with Crippen LogP contribution in [0.4, 0.5) is 5.69 Å². The summed E-state index contributed by atoms with van der Waals surface area (Å²) in [6.07, 6.45) is 7.05. The van der Waals surface area contributed by atoms with E-state index in [9.17, 15) is 0 Å². The molecule has 20 heavy (non-hydrogen) atoms. The molecular weight excluding hydrogens is 312 g/mol. The van der Waals surface area contributed by atoms with E-state index in [-0.39, 0.29) is 5.54 Å². The molecule has 0 heterocycles. The maximum Gasteiger partial charge on any atom is 0.0552 e. The number of hydrogen-bond acceptors (Lipinski definition) is 2. The van der Waals surface area contributed by atoms with Crippen molar-refractivity contribution in [2.75, 3.05) is 11.9 Å². The predicted octanol–water partition coefficient (Wildman–Crippen LogP) is 4.01. The number of benzene rings is 1. The van der Waals surface area contributed by atoms with Crippen molar-refractivity contribution in [2.24, 2.45) is 29.4 Å². The highest BCUT2D eigenvalue weighted by Gasteiger charge is 2.56. The van der Waals surface area contributed by atoms with E-state index in [2.05, 4.69) is 45.5 Å². The first kappa shape index (κ1) is 13.1. The minimum atomic E-state index is 0.136. The highest BCUT2D eigenvalue weighted by molar-refractivity contribution is 9.10. The first-order chi connectivity index (χ1) is 9.71. The minimum absolute atomic E-state index is 0.136. The maximum absolute atomic E-state index is 6.31. The van der Waals surface area contributed by atoms with Crippen molar-refractivity contribution in [1.82, 2.24) is 0 Å². The van der Waals surface area contributed by atoms with Crippen LogP contribution in [0, 0.1) is 23.7 Å². The van der Waals surface area contributed by atoms with Crippen LogP contribution in [0.25, 0.3) is 0 Å². The molecule has 1 aromatic rings. The van der Waals surface area contributed by atoms with Crippen molar-refractivity contribution in [2.45, 2.75) is 37.6 Å². The smallest absolute Gasteiger partial charge is 0.0552 e. The molecule has 4 aliphatic rings. The standard InChI is InChI=1S/C17H23BrN2/c18-15-3-1-2-4-16(15)20-17(10-19)13-6-11-5-12(8-13)9-14(17)7-11/h1-4,11-14,20H,5-10,19H2. The Bertz CT molecular complexity index is 485. The molecular formula is C17H23BrN2. The van der Waals surface area contributed by atoms with E-state index in [0.717, 1.165) is 34.7 Å². The van der Waals surface area contributed by atoms with Gasteiger partial charge in [-0.05, 0) is 83.8 Å². The van der Waals surface area contributed by atoms with Gasteiger partial charge in [-0.15, -0.1) is 0 Å². The summed E-state index contributed by atoms with van der Waals surface area (Å²) in [5.74, 6) is 3.52. The van der Waals surface area contributed by atoms with Gasteiger partial charge in [0.2, 0.25) is 0 Å². The molecule has 0 amide bonds. The van der Waals surface area contributed by atoms with Gasteiger partial charge in [0.15, 0.2) is 0 Å². The van der Waals surface area contributed by atoms with E-state index >= 15 is 0 Å². The molecule has 4 bridgehead atoms. The quantitative estimate of drug-likeness (QED) is 0.876. The minimum Gasteiger partial charge on any atom is -0.377 e. The van der Waals surface area contributed by atoms with Crippen molar-refractivity contribution in [3.63, 3.8) is 0 Å². The number of anilines is 1. The van der Waals surface area contributed by atoms with E-state index in [1.54, 1.807) is 0 Å². The lowest BCUT2D eigenvalue weighted by molar-refractivity contribution is -0.0405. The summed E-state index contributed by atoms with van der Waals surface area (Å²) in [6, 6.07) is 8.46. The molecule has 4 aliphatic carbocycles. The molecule has 0 aliphatic heterocycles. The van der Waals surface area contributed by atoms with Gasteiger partial charge in [-0.25, -0.2) is 0 Å². The molecule has 1 aromatic carbocycles. The fourth-order valence-corrected chi connectivity index (χ4v) is 5.81. The summed E-state index contributed by atoms with van der Waals surface area (Å²) in [5, 5.41) is 3.88. The maximum atomic E-state index is 6.31. The molecule has 0 spiro atoms. The van der Waals surface area contributed by atoms with E-state index in [0.29, 0.717) is 0 Å². The summed E-state index contributed by atoms with van der Waals surface area (Å²) in [5.41, 5.74) is 7.66. The van der Waals surface area contributed by atoms with Crippen LogP contribution in [-0.2, 0) is 0 Å². The molecule has 0 radical (unpaired) electrons. The second-order valence-corrected chi connectivity index (χ2v) is 8.01. The zero-order valence-corrected chi connectivity index (χ0v) is 13.4. The summed E-state index contributed by atoms with van der Waals surface area (Å²) in [6.45, 7) is 0.767. The monoisotopic (exact) mass is 334 g/mol. The lowest BCUT2D eigenvalue weighted by atomic mass is 9.48. The van der Waals surface area contributed by atoms with Crippen molar-refractivity contribution in [3.05, 3.63) is 28.7 Å². The summed E-state index contributed by atoms with van der Waals surface area (Å²) in [7, 11) is 0. The Labute approximate surface area is 129 Å². The number of para-hydroxylation sites is 1. The molecule has 4 fully saturated rings. The zero-order chi connectivity index (χ0) is 13.7. The lowest BCUT2D eigenvalue weighted by Gasteiger charge is -2.61. The van der Waals surface area contributed by atoms with Crippen LogP contribution >= 0.6 is 15.9 Å². The number of nitrogens with one attached hydrogen (secondary N) is 1. The van der Waals surface area contributed by atoms with Crippen LogP contribution in [-0.4, -0.2) is 12.1 Å². The third-order valence-corrected chi connectivity index (χ3v) is 6.87. The molecule has 2 nitrogen and oxygen atoms in total. The molecule has 3 heteroatoms. The Morgan fingerprint density at radius 3 is 2.20 bits per heavy atom. The number of hydrogen-bond donors (Lipinski definition) is 2. The summed E-state index contributed by atoms with van der Waals surface area (Å²) >= 11 is 3.67. The first-order valence-corrected chi connectivity index (χ1v) is 8.73. The zero-order valence-electron chi connectivity index (χ0n) is 11.8. The predicted molar refractivity (Wildman–Crippen MR) is 86.6 cm³/mol. The summed E-state index contributed by atoms with van der Waals surface area (Å²) < 4.78 is 1.15. The van der Waals surface area contributed by atoms with E-state index in [1.165, 1.54) is 37.8 Å². The molecule has 0 atom stereocenters. The fraction of sp³-hybridized carbons (Fsp3) is 0.647. The van der Waals surface area contributed by atoms with Crippen LogP contribution < -0.4 is 11.1 Å². The van der Waals surface area contributed by atoms with Gasteiger partial charge in [0, 0.05) is 16.7 Å². The second-order valence-electron chi connectivity index (χ2n) is 7.15. The molecule has 0 unspecified atom stereocenters. The molecule has 3 N–H and O–H groups in total. The SMILES string of the molecule is NCC1(Nc2ccccc2Br)C2CC3CC(C2)CC1C3. The topological polar surface area (TPSA) is 38.0 Å². The number of halogens is 1. The molecule has 5 rings (SSSR count). The van der Waals surface area contributed by atoms with Crippen LogP contribution in [0.5, 0.6) is 0 Å². The average molecular weight is 335 g/mol. The van der Waals surface area contributed by atoms with E-state index in [4.69, 9.17) is 5.73 Å². The highest BCUT2D eigenvalue weighted by atomic mass is 79.9. The normalized spacial score (nSPS) is 41.9. The van der Waals surface area contributed by atoms with Crippen LogP contribution in [0.2, 0.25) is 0 Å². The summed E-state index contributed by atoms with van der Waals surface area (Å²) in [4.78, 5) is 0. The van der Waals surface area contributed by atoms with Crippen LogP contribution in [0.3, 0.4) is 0 Å². The van der Waals surface area contributed by atoms with Crippen LogP contribution in [0.15, 0.2) is 28.7 Å². The molecule has 0 aromatic heterocycles. The van der Waals surface area contributed by atoms with Gasteiger partial charge in [-0.2, -0.15) is 0 Å². The Morgan fingerprint density at radius 2 is 1.65 bits per heavy atom. The Hall–Kier alpha value is -0.540. The Kier molecular flexibility index (Phi) is 3.11. The fourth-order valence-electron chi connectivity index (χ4n) is 5.43. The second kappa shape index (κ2) is 4.74. The molecule has 4 saturated carbocycles. The van der Waals surface area contributed by atoms with Gasteiger partial charge in [0.1, 0.15) is 0 Å². The van der Waals surface area contributed by atoms with Gasteiger partial charge in [-0.1, -0.05) is 12.1 Å². The molecule has 0 saturated heterocycles. The van der Waals surface area contributed by atoms with Gasteiger partial charge in [0.25, 0.3) is 0 Å². The largest absolute Gasteiger partial charge is 0.377 e. The van der Waals surface area contributed by atoms with E-state index in [1.807, 2.05) is 0 Å².